The summed E-state index contributed by atoms with van der Waals surface area (Å²) in [7, 11) is 0. The molecule has 1 N–H and O–H groups in total. The van der Waals surface area contributed by atoms with E-state index in [4.69, 9.17) is 23.2 Å². The van der Waals surface area contributed by atoms with Gasteiger partial charge in [-0.25, -0.2) is 0 Å². The molecule has 0 fully saturated rings. The lowest BCUT2D eigenvalue weighted by Crippen LogP contribution is -2.13. The van der Waals surface area contributed by atoms with Crippen LogP contribution in [0.2, 0.25) is 10.0 Å². The Bertz CT molecular complexity index is 1220. The van der Waals surface area contributed by atoms with Gasteiger partial charge in [0.15, 0.2) is 0 Å². The molecule has 0 aliphatic rings. The van der Waals surface area contributed by atoms with Crippen LogP contribution in [0.15, 0.2) is 54.6 Å². The maximum atomic E-state index is 12.6. The molecule has 0 bridgehead atoms. The Balaban J connectivity index is 1.65. The Kier molecular flexibility index (Phi) is 5.26. The van der Waals surface area contributed by atoms with Gasteiger partial charge in [-0.3, -0.25) is 4.79 Å². The second-order valence-corrected chi connectivity index (χ2v) is 7.59. The molecule has 0 saturated carbocycles. The van der Waals surface area contributed by atoms with E-state index in [1.165, 1.54) is 5.56 Å². The molecule has 4 aromatic rings. The minimum atomic E-state index is -0.309. The van der Waals surface area contributed by atoms with Gasteiger partial charge in [-0.15, -0.1) is 10.2 Å². The van der Waals surface area contributed by atoms with E-state index in [1.807, 2.05) is 31.2 Å². The maximum absolute atomic E-state index is 12.6. The number of aromatic nitrogens is 3. The lowest BCUT2D eigenvalue weighted by molar-refractivity contribution is 0.102. The van der Waals surface area contributed by atoms with Crippen molar-refractivity contribution in [1.29, 1.82) is 0 Å². The van der Waals surface area contributed by atoms with Crippen LogP contribution in [0.5, 0.6) is 0 Å². The zero-order chi connectivity index (χ0) is 20.5. The number of fused-ring (bicyclic) bond motifs is 1. The summed E-state index contributed by atoms with van der Waals surface area (Å²) in [4.78, 5) is 14.2. The van der Waals surface area contributed by atoms with Gasteiger partial charge in [-0.2, -0.15) is 4.80 Å². The number of hydrogen-bond acceptors (Lipinski definition) is 3. The molecule has 5 nitrogen and oxygen atoms in total. The summed E-state index contributed by atoms with van der Waals surface area (Å²) >= 11 is 12.1. The molecule has 0 spiro atoms. The molecule has 1 aromatic heterocycles. The van der Waals surface area contributed by atoms with Crippen molar-refractivity contribution in [2.75, 3.05) is 5.32 Å². The van der Waals surface area contributed by atoms with E-state index < -0.39 is 0 Å². The molecule has 146 valence electrons. The number of nitrogens with zero attached hydrogens (tertiary/aromatic N) is 3. The van der Waals surface area contributed by atoms with Crippen LogP contribution in [0, 0.1) is 6.92 Å². The van der Waals surface area contributed by atoms with Gasteiger partial charge in [0.1, 0.15) is 11.0 Å². The monoisotopic (exact) mass is 424 g/mol. The normalized spacial score (nSPS) is 11.0. The van der Waals surface area contributed by atoms with Gasteiger partial charge in [0.25, 0.3) is 5.91 Å². The van der Waals surface area contributed by atoms with Crippen molar-refractivity contribution in [2.24, 2.45) is 0 Å². The largest absolute Gasteiger partial charge is 0.322 e. The molecule has 0 saturated heterocycles. The smallest absolute Gasteiger partial charge is 0.257 e. The number of hydrogen-bond donors (Lipinski definition) is 1. The Labute approximate surface area is 178 Å². The van der Waals surface area contributed by atoms with E-state index in [0.717, 1.165) is 23.2 Å². The average Bonchev–Trinajstić information content (AvgIpc) is 3.11. The van der Waals surface area contributed by atoms with Gasteiger partial charge in [0, 0.05) is 10.7 Å². The van der Waals surface area contributed by atoms with Crippen molar-refractivity contribution in [3.8, 4) is 5.69 Å². The van der Waals surface area contributed by atoms with Gasteiger partial charge in [-0.1, -0.05) is 42.3 Å². The van der Waals surface area contributed by atoms with Gasteiger partial charge in [0.2, 0.25) is 0 Å². The zero-order valence-corrected chi connectivity index (χ0v) is 17.4. The molecule has 0 atom stereocenters. The molecule has 7 heteroatoms. The van der Waals surface area contributed by atoms with Gasteiger partial charge < -0.3 is 5.32 Å². The highest BCUT2D eigenvalue weighted by molar-refractivity contribution is 6.37. The third-order valence-electron chi connectivity index (χ3n) is 4.73. The van der Waals surface area contributed by atoms with E-state index >= 15 is 0 Å². The number of amides is 1. The molecule has 4 rings (SSSR count). The third-order valence-corrected chi connectivity index (χ3v) is 5.27. The summed E-state index contributed by atoms with van der Waals surface area (Å²) in [5, 5.41) is 12.8. The summed E-state index contributed by atoms with van der Waals surface area (Å²) in [6.07, 6.45) is 0.981. The number of halogens is 2. The molecule has 0 radical (unpaired) electrons. The molecular weight excluding hydrogens is 407 g/mol. The number of aryl methyl sites for hydroxylation is 2. The van der Waals surface area contributed by atoms with Crippen LogP contribution < -0.4 is 5.32 Å². The summed E-state index contributed by atoms with van der Waals surface area (Å²) in [5.41, 5.74) is 5.47. The van der Waals surface area contributed by atoms with Crippen LogP contribution in [0.25, 0.3) is 16.7 Å². The summed E-state index contributed by atoms with van der Waals surface area (Å²) < 4.78 is 0. The quantitative estimate of drug-likeness (QED) is 0.446. The SMILES string of the molecule is CCc1ccc(-n2nc3cc(C)c(NC(=O)c4ccc(Cl)cc4Cl)cc3n2)cc1. The number of carbonyl (C=O) groups excluding carboxylic acids is 1. The fourth-order valence-electron chi connectivity index (χ4n) is 3.05. The topological polar surface area (TPSA) is 59.8 Å². The molecule has 0 aliphatic heterocycles. The van der Waals surface area contributed by atoms with E-state index in [0.29, 0.717) is 26.8 Å². The number of anilines is 1. The number of carbonyl (C=O) groups is 1. The van der Waals surface area contributed by atoms with E-state index in [1.54, 1.807) is 23.0 Å². The highest BCUT2D eigenvalue weighted by Crippen LogP contribution is 2.25. The predicted octanol–water partition coefficient (Wildman–Crippen LogP) is 5.85. The summed E-state index contributed by atoms with van der Waals surface area (Å²) in [6, 6.07) is 16.6. The molecule has 1 heterocycles. The van der Waals surface area contributed by atoms with Gasteiger partial charge >= 0.3 is 0 Å². The third kappa shape index (κ3) is 3.97. The van der Waals surface area contributed by atoms with Crippen molar-refractivity contribution in [3.05, 3.63) is 81.3 Å². The Morgan fingerprint density at radius 1 is 1.00 bits per heavy atom. The lowest BCUT2D eigenvalue weighted by atomic mass is 10.1. The van der Waals surface area contributed by atoms with Crippen LogP contribution in [-0.4, -0.2) is 20.9 Å². The first-order chi connectivity index (χ1) is 13.9. The minimum Gasteiger partial charge on any atom is -0.322 e. The van der Waals surface area contributed by atoms with Crippen molar-refractivity contribution < 1.29 is 4.79 Å². The van der Waals surface area contributed by atoms with Gasteiger partial charge in [0.05, 0.1) is 16.3 Å². The first kappa shape index (κ1) is 19.4. The standard InChI is InChI=1S/C22H18Cl2N4O/c1-3-14-4-7-16(8-5-14)28-26-20-10-13(2)19(12-21(20)27-28)25-22(29)17-9-6-15(23)11-18(17)24/h4-12H,3H2,1-2H3,(H,25,29). The molecular formula is C22H18Cl2N4O. The highest BCUT2D eigenvalue weighted by Gasteiger charge is 2.14. The van der Waals surface area contributed by atoms with Crippen molar-refractivity contribution in [1.82, 2.24) is 15.0 Å². The molecule has 29 heavy (non-hydrogen) atoms. The van der Waals surface area contributed by atoms with Gasteiger partial charge in [-0.05, 0) is 66.9 Å². The summed E-state index contributed by atoms with van der Waals surface area (Å²) in [5.74, 6) is -0.309. The second-order valence-electron chi connectivity index (χ2n) is 6.74. The molecule has 0 aliphatic carbocycles. The highest BCUT2D eigenvalue weighted by atomic mass is 35.5. The first-order valence-electron chi connectivity index (χ1n) is 9.18. The fourth-order valence-corrected chi connectivity index (χ4v) is 3.54. The Morgan fingerprint density at radius 3 is 2.34 bits per heavy atom. The number of rotatable bonds is 4. The number of nitrogens with one attached hydrogen (secondary N) is 1. The van der Waals surface area contributed by atoms with Crippen molar-refractivity contribution in [2.45, 2.75) is 20.3 Å². The average molecular weight is 425 g/mol. The minimum absolute atomic E-state index is 0.301. The van der Waals surface area contributed by atoms with Crippen LogP contribution in [-0.2, 0) is 6.42 Å². The van der Waals surface area contributed by atoms with Crippen LogP contribution in [0.3, 0.4) is 0 Å². The Hall–Kier alpha value is -2.89. The molecule has 3 aromatic carbocycles. The Morgan fingerprint density at radius 2 is 1.69 bits per heavy atom. The first-order valence-corrected chi connectivity index (χ1v) is 9.93. The van der Waals surface area contributed by atoms with E-state index in [2.05, 4.69) is 34.6 Å². The zero-order valence-electron chi connectivity index (χ0n) is 15.9. The van der Waals surface area contributed by atoms with Crippen LogP contribution in [0.1, 0.15) is 28.4 Å². The number of benzene rings is 3. The van der Waals surface area contributed by atoms with Crippen molar-refractivity contribution >= 4 is 45.8 Å². The fraction of sp³-hybridized carbons (Fsp3) is 0.136. The molecule has 1 amide bonds. The predicted molar refractivity (Wildman–Crippen MR) is 117 cm³/mol. The second kappa shape index (κ2) is 7.85. The van der Waals surface area contributed by atoms with Crippen LogP contribution >= 0.6 is 23.2 Å². The summed E-state index contributed by atoms with van der Waals surface area (Å²) in [6.45, 7) is 4.03. The lowest BCUT2D eigenvalue weighted by Gasteiger charge is -2.09. The maximum Gasteiger partial charge on any atom is 0.257 e. The van der Waals surface area contributed by atoms with Crippen molar-refractivity contribution in [3.63, 3.8) is 0 Å². The van der Waals surface area contributed by atoms with E-state index in [9.17, 15) is 4.79 Å². The van der Waals surface area contributed by atoms with Crippen LogP contribution in [0.4, 0.5) is 5.69 Å². The molecule has 0 unspecified atom stereocenters. The van der Waals surface area contributed by atoms with E-state index in [-0.39, 0.29) is 5.91 Å².